The fourth-order valence-corrected chi connectivity index (χ4v) is 5.45. The Labute approximate surface area is 100 Å². The lowest BCUT2D eigenvalue weighted by Crippen LogP contribution is -2.41. The normalized spacial score (nSPS) is 20.8. The topological polar surface area (TPSA) is 18.5 Å². The molecule has 0 saturated heterocycles. The van der Waals surface area contributed by atoms with Gasteiger partial charge in [-0.3, -0.25) is 0 Å². The molecular formula is C11H23ClO2Si. The molecule has 15 heavy (non-hydrogen) atoms. The second kappa shape index (κ2) is 6.89. The van der Waals surface area contributed by atoms with Gasteiger partial charge in [-0.05, 0) is 26.7 Å². The van der Waals surface area contributed by atoms with E-state index in [4.69, 9.17) is 20.5 Å². The molecule has 0 aromatic carbocycles. The van der Waals surface area contributed by atoms with Crippen molar-refractivity contribution in [1.29, 1.82) is 0 Å². The smallest absolute Gasteiger partial charge is 0.329 e. The van der Waals surface area contributed by atoms with Crippen LogP contribution in [0.1, 0.15) is 46.0 Å². The van der Waals surface area contributed by atoms with E-state index < -0.39 is 9.28 Å². The number of rotatable bonds is 6. The highest BCUT2D eigenvalue weighted by Crippen LogP contribution is 2.46. The van der Waals surface area contributed by atoms with Gasteiger partial charge in [0.1, 0.15) is 0 Å². The SMILES string of the molecule is CCO[SiH](OCC)C1(CCl)CCCCC1. The van der Waals surface area contributed by atoms with Crippen molar-refractivity contribution in [3.05, 3.63) is 0 Å². The van der Waals surface area contributed by atoms with Crippen LogP contribution in [0.15, 0.2) is 0 Å². The Balaban J connectivity index is 2.65. The van der Waals surface area contributed by atoms with Crippen molar-refractivity contribution in [2.45, 2.75) is 51.0 Å². The van der Waals surface area contributed by atoms with Gasteiger partial charge in [0.2, 0.25) is 0 Å². The minimum atomic E-state index is -1.58. The van der Waals surface area contributed by atoms with Crippen LogP contribution in [-0.2, 0) is 8.85 Å². The highest BCUT2D eigenvalue weighted by molar-refractivity contribution is 6.50. The number of hydrogen-bond donors (Lipinski definition) is 0. The number of hydrogen-bond acceptors (Lipinski definition) is 2. The Hall–Kier alpha value is 0.427. The lowest BCUT2D eigenvalue weighted by atomic mass is 9.89. The zero-order valence-electron chi connectivity index (χ0n) is 9.93. The Morgan fingerprint density at radius 2 is 1.60 bits per heavy atom. The van der Waals surface area contributed by atoms with Gasteiger partial charge in [-0.15, -0.1) is 11.6 Å². The highest BCUT2D eigenvalue weighted by Gasteiger charge is 2.43. The first-order valence-corrected chi connectivity index (χ1v) is 8.13. The van der Waals surface area contributed by atoms with Crippen LogP contribution in [0.25, 0.3) is 0 Å². The summed E-state index contributed by atoms with van der Waals surface area (Å²) in [4.78, 5) is 0. The lowest BCUT2D eigenvalue weighted by Gasteiger charge is -2.39. The summed E-state index contributed by atoms with van der Waals surface area (Å²) in [6.45, 7) is 5.61. The second-order valence-electron chi connectivity index (χ2n) is 4.30. The van der Waals surface area contributed by atoms with E-state index >= 15 is 0 Å². The second-order valence-corrected chi connectivity index (χ2v) is 7.12. The van der Waals surface area contributed by atoms with E-state index in [0.29, 0.717) is 5.88 Å². The van der Waals surface area contributed by atoms with Gasteiger partial charge < -0.3 is 8.85 Å². The molecule has 0 atom stereocenters. The van der Waals surface area contributed by atoms with Crippen molar-refractivity contribution in [1.82, 2.24) is 0 Å². The molecule has 2 nitrogen and oxygen atoms in total. The zero-order chi connectivity index (χ0) is 11.1. The molecule has 0 unspecified atom stereocenters. The predicted octanol–water partition coefficient (Wildman–Crippen LogP) is 3.22. The minimum absolute atomic E-state index is 0.200. The van der Waals surface area contributed by atoms with Gasteiger partial charge >= 0.3 is 9.28 Å². The standard InChI is InChI=1S/C11H23ClO2Si/c1-3-13-15(14-4-2)11(10-12)8-6-5-7-9-11/h15H,3-10H2,1-2H3. The van der Waals surface area contributed by atoms with E-state index in [1.54, 1.807) is 0 Å². The van der Waals surface area contributed by atoms with Gasteiger partial charge in [0.05, 0.1) is 0 Å². The molecule has 1 saturated carbocycles. The Bertz CT molecular complexity index is 166. The Kier molecular flexibility index (Phi) is 6.20. The Morgan fingerprint density at radius 1 is 1.07 bits per heavy atom. The van der Waals surface area contributed by atoms with Crippen LogP contribution in [0, 0.1) is 0 Å². The molecule has 0 aromatic heterocycles. The third kappa shape index (κ3) is 3.45. The predicted molar refractivity (Wildman–Crippen MR) is 66.9 cm³/mol. The van der Waals surface area contributed by atoms with Crippen molar-refractivity contribution in [2.75, 3.05) is 19.1 Å². The van der Waals surface area contributed by atoms with Crippen LogP contribution in [-0.4, -0.2) is 28.4 Å². The van der Waals surface area contributed by atoms with E-state index in [-0.39, 0.29) is 5.04 Å². The van der Waals surface area contributed by atoms with Crippen molar-refractivity contribution in [3.8, 4) is 0 Å². The van der Waals surface area contributed by atoms with Crippen LogP contribution >= 0.6 is 11.6 Å². The van der Waals surface area contributed by atoms with Gasteiger partial charge in [-0.25, -0.2) is 0 Å². The summed E-state index contributed by atoms with van der Waals surface area (Å²) in [6.07, 6.45) is 6.32. The molecule has 0 aliphatic heterocycles. The van der Waals surface area contributed by atoms with Crippen LogP contribution in [0.3, 0.4) is 0 Å². The van der Waals surface area contributed by atoms with E-state index in [2.05, 4.69) is 0 Å². The molecule has 0 amide bonds. The summed E-state index contributed by atoms with van der Waals surface area (Å²) >= 11 is 6.18. The number of halogens is 1. The maximum atomic E-state index is 6.18. The third-order valence-electron chi connectivity index (χ3n) is 3.25. The first-order valence-electron chi connectivity index (χ1n) is 6.08. The van der Waals surface area contributed by atoms with Gasteiger partial charge in [0.25, 0.3) is 0 Å². The summed E-state index contributed by atoms with van der Waals surface area (Å²) in [7, 11) is -1.58. The van der Waals surface area contributed by atoms with Crippen molar-refractivity contribution < 1.29 is 8.85 Å². The highest BCUT2D eigenvalue weighted by atomic mass is 35.5. The molecule has 0 bridgehead atoms. The van der Waals surface area contributed by atoms with Crippen LogP contribution in [0.5, 0.6) is 0 Å². The molecule has 90 valence electrons. The van der Waals surface area contributed by atoms with Crippen LogP contribution in [0.2, 0.25) is 5.04 Å². The fourth-order valence-electron chi connectivity index (χ4n) is 2.39. The largest absolute Gasteiger partial charge is 0.396 e. The first kappa shape index (κ1) is 13.5. The van der Waals surface area contributed by atoms with Gasteiger partial charge in [0.15, 0.2) is 0 Å². The quantitative estimate of drug-likeness (QED) is 0.532. The molecule has 1 fully saturated rings. The summed E-state index contributed by atoms with van der Waals surface area (Å²) in [5, 5.41) is 0.200. The summed E-state index contributed by atoms with van der Waals surface area (Å²) in [6, 6.07) is 0. The zero-order valence-corrected chi connectivity index (χ0v) is 11.8. The molecule has 0 radical (unpaired) electrons. The van der Waals surface area contributed by atoms with Crippen molar-refractivity contribution >= 4 is 20.9 Å². The molecular weight excluding hydrogens is 228 g/mol. The average Bonchev–Trinajstić information content (AvgIpc) is 2.30. The first-order chi connectivity index (χ1) is 7.29. The molecule has 0 spiro atoms. The molecule has 0 heterocycles. The lowest BCUT2D eigenvalue weighted by molar-refractivity contribution is 0.173. The summed E-state index contributed by atoms with van der Waals surface area (Å²) < 4.78 is 11.7. The van der Waals surface area contributed by atoms with E-state index in [1.807, 2.05) is 13.8 Å². The Morgan fingerprint density at radius 3 is 2.00 bits per heavy atom. The molecule has 0 aromatic rings. The summed E-state index contributed by atoms with van der Waals surface area (Å²) in [5.74, 6) is 0.712. The molecule has 1 aliphatic carbocycles. The average molecular weight is 251 g/mol. The summed E-state index contributed by atoms with van der Waals surface area (Å²) in [5.41, 5.74) is 0. The van der Waals surface area contributed by atoms with Gasteiger partial charge in [0, 0.05) is 24.1 Å². The van der Waals surface area contributed by atoms with Crippen molar-refractivity contribution in [2.24, 2.45) is 0 Å². The van der Waals surface area contributed by atoms with Crippen LogP contribution < -0.4 is 0 Å². The third-order valence-corrected chi connectivity index (χ3v) is 7.10. The fraction of sp³-hybridized carbons (Fsp3) is 1.00. The molecule has 0 N–H and O–H groups in total. The molecule has 4 heteroatoms. The van der Waals surface area contributed by atoms with Crippen LogP contribution in [0.4, 0.5) is 0 Å². The van der Waals surface area contributed by atoms with E-state index in [9.17, 15) is 0 Å². The monoisotopic (exact) mass is 250 g/mol. The maximum absolute atomic E-state index is 6.18. The van der Waals surface area contributed by atoms with Gasteiger partial charge in [-0.2, -0.15) is 0 Å². The van der Waals surface area contributed by atoms with Crippen molar-refractivity contribution in [3.63, 3.8) is 0 Å². The van der Waals surface area contributed by atoms with Gasteiger partial charge in [-0.1, -0.05) is 19.3 Å². The molecule has 1 rings (SSSR count). The molecule has 1 aliphatic rings. The van der Waals surface area contributed by atoms with E-state index in [0.717, 1.165) is 13.2 Å². The maximum Gasteiger partial charge on any atom is 0.329 e. The van der Waals surface area contributed by atoms with E-state index in [1.165, 1.54) is 32.1 Å². The number of alkyl halides is 1. The minimum Gasteiger partial charge on any atom is -0.396 e.